The highest BCUT2D eigenvalue weighted by atomic mass is 15.2. The Morgan fingerprint density at radius 2 is 1.14 bits per heavy atom. The van der Waals surface area contributed by atoms with Crippen LogP contribution in [-0.4, -0.2) is 16.3 Å². The van der Waals surface area contributed by atoms with Crippen LogP contribution in [0.25, 0.3) is 44.3 Å². The van der Waals surface area contributed by atoms with E-state index in [1.165, 1.54) is 49.9 Å². The number of benzene rings is 7. The van der Waals surface area contributed by atoms with Crippen LogP contribution in [0.5, 0.6) is 0 Å². The molecule has 0 saturated carbocycles. The molecule has 0 bridgehead atoms. The van der Waals surface area contributed by atoms with Crippen LogP contribution >= 0.6 is 0 Å². The number of para-hydroxylation sites is 3. The number of aromatic nitrogens is 1. The molecule has 3 unspecified atom stereocenters. The second-order valence-corrected chi connectivity index (χ2v) is 14.8. The summed E-state index contributed by atoms with van der Waals surface area (Å²) in [4.78, 5) is 7.95. The summed E-state index contributed by atoms with van der Waals surface area (Å²) < 4.78 is 2.38. The summed E-state index contributed by atoms with van der Waals surface area (Å²) >= 11 is 0. The highest BCUT2D eigenvalue weighted by molar-refractivity contribution is 6.14. The van der Waals surface area contributed by atoms with Gasteiger partial charge in [-0.25, -0.2) is 0 Å². The summed E-state index contributed by atoms with van der Waals surface area (Å²) in [7, 11) is 0. The first-order chi connectivity index (χ1) is 27.8. The summed E-state index contributed by atoms with van der Waals surface area (Å²) in [6, 6.07) is 63.6. The largest absolute Gasteiger partial charge is 0.360 e. The molecule has 266 valence electrons. The molecule has 4 nitrogen and oxygen atoms in total. The standard InChI is InChI=1S/C52H38N4/c1-2-15-35(16-3-1)36-17-12-20-39(31-36)52-53-46(37-18-13-21-40(32-37)55-48-27-8-4-23-42(48)43-24-5-9-28-49(43)55)34-47(54-52)38-19-14-22-41(33-38)56-50-29-10-6-25-44(50)45-26-7-11-30-51(45)56/h1-34,42,48,52-53H. The predicted molar refractivity (Wildman–Crippen MR) is 233 cm³/mol. The number of nitrogens with zero attached hydrogens (tertiary/aromatic N) is 3. The van der Waals surface area contributed by atoms with Crippen LogP contribution in [0.2, 0.25) is 0 Å². The van der Waals surface area contributed by atoms with Gasteiger partial charge in [0.1, 0.15) is 6.17 Å². The van der Waals surface area contributed by atoms with Crippen molar-refractivity contribution in [3.63, 3.8) is 0 Å². The van der Waals surface area contributed by atoms with E-state index in [-0.39, 0.29) is 12.2 Å². The average molecular weight is 719 g/mol. The molecular weight excluding hydrogens is 681 g/mol. The summed E-state index contributed by atoms with van der Waals surface area (Å²) in [6.45, 7) is 0. The molecule has 0 saturated heterocycles. The van der Waals surface area contributed by atoms with Crippen molar-refractivity contribution in [3.8, 4) is 16.8 Å². The van der Waals surface area contributed by atoms with E-state index in [4.69, 9.17) is 4.99 Å². The van der Waals surface area contributed by atoms with E-state index in [2.05, 4.69) is 221 Å². The van der Waals surface area contributed by atoms with Gasteiger partial charge in [0.05, 0.1) is 22.8 Å². The second kappa shape index (κ2) is 13.3. The van der Waals surface area contributed by atoms with Gasteiger partial charge < -0.3 is 14.8 Å². The third-order valence-electron chi connectivity index (χ3n) is 11.5. The average Bonchev–Trinajstić information content (AvgIpc) is 3.80. The van der Waals surface area contributed by atoms with Crippen molar-refractivity contribution in [3.05, 3.63) is 229 Å². The molecule has 4 heteroatoms. The van der Waals surface area contributed by atoms with E-state index < -0.39 is 0 Å². The van der Waals surface area contributed by atoms with Gasteiger partial charge in [0.25, 0.3) is 0 Å². The lowest BCUT2D eigenvalue weighted by Gasteiger charge is -2.30. The monoisotopic (exact) mass is 718 g/mol. The van der Waals surface area contributed by atoms with Crippen LogP contribution < -0.4 is 10.2 Å². The van der Waals surface area contributed by atoms with Crippen LogP contribution in [0.1, 0.15) is 34.3 Å². The van der Waals surface area contributed by atoms with Crippen molar-refractivity contribution in [2.75, 3.05) is 4.90 Å². The minimum atomic E-state index is -0.294. The van der Waals surface area contributed by atoms with Crippen molar-refractivity contribution in [1.82, 2.24) is 9.88 Å². The molecule has 0 radical (unpaired) electrons. The summed E-state index contributed by atoms with van der Waals surface area (Å²) in [5, 5.41) is 6.37. The molecule has 0 fully saturated rings. The maximum atomic E-state index is 5.46. The fourth-order valence-electron chi connectivity index (χ4n) is 8.95. The second-order valence-electron chi connectivity index (χ2n) is 14.8. The van der Waals surface area contributed by atoms with Gasteiger partial charge in [-0.1, -0.05) is 152 Å². The molecule has 3 atom stereocenters. The zero-order chi connectivity index (χ0) is 37.0. The number of nitrogens with one attached hydrogen (secondary N) is 1. The molecule has 1 aromatic heterocycles. The minimum Gasteiger partial charge on any atom is -0.360 e. The van der Waals surface area contributed by atoms with Gasteiger partial charge in [0.15, 0.2) is 0 Å². The number of fused-ring (bicyclic) bond motifs is 6. The lowest BCUT2D eigenvalue weighted by molar-refractivity contribution is 0.664. The van der Waals surface area contributed by atoms with E-state index in [1.54, 1.807) is 0 Å². The van der Waals surface area contributed by atoms with Crippen molar-refractivity contribution in [2.45, 2.75) is 18.1 Å². The highest BCUT2D eigenvalue weighted by Gasteiger charge is 2.37. The molecule has 3 aliphatic rings. The Hall–Kier alpha value is -7.17. The van der Waals surface area contributed by atoms with Crippen LogP contribution in [0, 0.1) is 0 Å². The first-order valence-corrected chi connectivity index (χ1v) is 19.4. The Morgan fingerprint density at radius 3 is 1.98 bits per heavy atom. The van der Waals surface area contributed by atoms with Gasteiger partial charge in [-0.2, -0.15) is 0 Å². The van der Waals surface area contributed by atoms with Gasteiger partial charge in [0.2, 0.25) is 0 Å². The predicted octanol–water partition coefficient (Wildman–Crippen LogP) is 12.3. The fraction of sp³-hybridized carbons (Fsp3) is 0.0577. The molecule has 11 rings (SSSR count). The fourth-order valence-corrected chi connectivity index (χ4v) is 8.95. The van der Waals surface area contributed by atoms with Crippen LogP contribution in [0.4, 0.5) is 11.4 Å². The number of hydrogen-bond acceptors (Lipinski definition) is 3. The Kier molecular flexibility index (Phi) is 7.66. The Balaban J connectivity index is 1.04. The van der Waals surface area contributed by atoms with Crippen molar-refractivity contribution in [1.29, 1.82) is 0 Å². The zero-order valence-corrected chi connectivity index (χ0v) is 30.7. The summed E-state index contributed by atoms with van der Waals surface area (Å²) in [6.07, 6.45) is 11.0. The van der Waals surface area contributed by atoms with Gasteiger partial charge >= 0.3 is 0 Å². The number of hydrogen-bond donors (Lipinski definition) is 1. The zero-order valence-electron chi connectivity index (χ0n) is 30.7. The van der Waals surface area contributed by atoms with Crippen molar-refractivity contribution < 1.29 is 0 Å². The molecule has 2 aliphatic heterocycles. The maximum Gasteiger partial charge on any atom is 0.145 e. The summed E-state index contributed by atoms with van der Waals surface area (Å²) in [5.41, 5.74) is 14.9. The van der Waals surface area contributed by atoms with E-state index >= 15 is 0 Å². The van der Waals surface area contributed by atoms with Crippen molar-refractivity contribution >= 4 is 44.6 Å². The first-order valence-electron chi connectivity index (χ1n) is 19.4. The van der Waals surface area contributed by atoms with E-state index in [9.17, 15) is 0 Å². The Morgan fingerprint density at radius 1 is 0.500 bits per heavy atom. The molecule has 7 aromatic carbocycles. The normalized spacial score (nSPS) is 18.4. The lowest BCUT2D eigenvalue weighted by atomic mass is 9.91. The van der Waals surface area contributed by atoms with E-state index in [1.807, 2.05) is 0 Å². The van der Waals surface area contributed by atoms with Gasteiger partial charge in [-0.05, 0) is 82.4 Å². The van der Waals surface area contributed by atoms with Crippen LogP contribution in [0.15, 0.2) is 211 Å². The van der Waals surface area contributed by atoms with E-state index in [0.717, 1.165) is 33.8 Å². The van der Waals surface area contributed by atoms with Crippen molar-refractivity contribution in [2.24, 2.45) is 4.99 Å². The minimum absolute atomic E-state index is 0.232. The molecule has 3 heterocycles. The summed E-state index contributed by atoms with van der Waals surface area (Å²) in [5.74, 6) is 0.327. The molecule has 8 aromatic rings. The van der Waals surface area contributed by atoms with E-state index in [0.29, 0.717) is 5.92 Å². The first kappa shape index (κ1) is 32.3. The smallest absolute Gasteiger partial charge is 0.145 e. The number of rotatable bonds is 6. The van der Waals surface area contributed by atoms with Gasteiger partial charge in [-0.15, -0.1) is 0 Å². The maximum absolute atomic E-state index is 5.46. The lowest BCUT2D eigenvalue weighted by Crippen LogP contribution is -2.29. The molecule has 0 spiro atoms. The molecule has 1 aliphatic carbocycles. The topological polar surface area (TPSA) is 32.6 Å². The molecular formula is C52H38N4. The third-order valence-corrected chi connectivity index (χ3v) is 11.5. The SMILES string of the molecule is C1=CC2c3ccccc3N(c3cccc(C4=CC(c5cccc(-n6c7ccccc7c7ccccc76)c5)=NC(c5cccc(-c6ccccc6)c5)N4)c3)C2C=C1. The Bertz CT molecular complexity index is 2870. The number of aliphatic imine (C=N–C) groups is 1. The molecule has 0 amide bonds. The molecule has 1 N–H and O–H groups in total. The van der Waals surface area contributed by atoms with Crippen LogP contribution in [0.3, 0.4) is 0 Å². The Labute approximate surface area is 326 Å². The van der Waals surface area contributed by atoms with Gasteiger partial charge in [0, 0.05) is 45.0 Å². The molecule has 56 heavy (non-hydrogen) atoms. The number of allylic oxidation sites excluding steroid dienone is 3. The highest BCUT2D eigenvalue weighted by Crippen LogP contribution is 2.48. The third kappa shape index (κ3) is 5.41. The van der Waals surface area contributed by atoms with Gasteiger partial charge in [-0.3, -0.25) is 4.99 Å². The van der Waals surface area contributed by atoms with Crippen LogP contribution in [-0.2, 0) is 0 Å². The quantitative estimate of drug-likeness (QED) is 0.186. The number of anilines is 2.